The minimum absolute atomic E-state index is 0.148. The summed E-state index contributed by atoms with van der Waals surface area (Å²) in [5, 5.41) is 9.55. The van der Waals surface area contributed by atoms with Gasteiger partial charge in [0.25, 0.3) is 0 Å². The number of nitrogens with zero attached hydrogens (tertiary/aromatic N) is 5. The first-order chi connectivity index (χ1) is 12.5. The summed E-state index contributed by atoms with van der Waals surface area (Å²) in [6.45, 7) is 1.13. The molecule has 0 fully saturated rings. The molecule has 0 saturated heterocycles. The van der Waals surface area contributed by atoms with Crippen molar-refractivity contribution in [1.82, 2.24) is 19.5 Å². The number of nitrogen functional groups attached to an aromatic ring is 1. The van der Waals surface area contributed by atoms with Gasteiger partial charge < -0.3 is 15.2 Å². The quantitative estimate of drug-likeness (QED) is 0.466. The van der Waals surface area contributed by atoms with E-state index in [2.05, 4.69) is 37.0 Å². The SMILES string of the molecule is COCCOc1nc(N)c2nc(Br)n(Cc3ccc(Cl)c(C#N)c3)c2n1. The van der Waals surface area contributed by atoms with E-state index in [4.69, 9.17) is 32.1 Å². The molecule has 3 rings (SSSR count). The van der Waals surface area contributed by atoms with Crippen LogP contribution in [0.4, 0.5) is 5.82 Å². The fourth-order valence-corrected chi connectivity index (χ4v) is 2.97. The molecule has 1 aromatic carbocycles. The van der Waals surface area contributed by atoms with Gasteiger partial charge in [0.1, 0.15) is 12.7 Å². The summed E-state index contributed by atoms with van der Waals surface area (Å²) in [5.74, 6) is 0.218. The van der Waals surface area contributed by atoms with Crippen LogP contribution < -0.4 is 10.5 Å². The number of anilines is 1. The number of rotatable bonds is 6. The summed E-state index contributed by atoms with van der Waals surface area (Å²) in [7, 11) is 1.58. The number of halogens is 2. The standard InChI is InChI=1S/C16H14BrClN6O2/c1-25-4-5-26-16-22-13(20)12-14(23-16)24(15(17)21-12)8-9-2-3-11(18)10(6-9)7-19/h2-3,6H,4-5,8H2,1H3,(H2,20,22,23). The lowest BCUT2D eigenvalue weighted by atomic mass is 10.1. The molecule has 3 aromatic rings. The van der Waals surface area contributed by atoms with Crippen LogP contribution in [0.1, 0.15) is 11.1 Å². The van der Waals surface area contributed by atoms with Gasteiger partial charge in [-0.25, -0.2) is 4.98 Å². The van der Waals surface area contributed by atoms with Gasteiger partial charge in [-0.1, -0.05) is 17.7 Å². The van der Waals surface area contributed by atoms with E-state index in [9.17, 15) is 0 Å². The van der Waals surface area contributed by atoms with Crippen LogP contribution in [-0.2, 0) is 11.3 Å². The molecule has 0 saturated carbocycles. The number of imidazole rings is 1. The van der Waals surface area contributed by atoms with Crippen LogP contribution in [0.15, 0.2) is 22.9 Å². The third kappa shape index (κ3) is 3.72. The third-order valence-corrected chi connectivity index (χ3v) is 4.50. The molecule has 0 atom stereocenters. The number of hydrogen-bond acceptors (Lipinski definition) is 7. The minimum Gasteiger partial charge on any atom is -0.461 e. The molecule has 134 valence electrons. The topological polar surface area (TPSA) is 112 Å². The van der Waals surface area contributed by atoms with Crippen molar-refractivity contribution in [2.45, 2.75) is 6.54 Å². The molecule has 10 heteroatoms. The lowest BCUT2D eigenvalue weighted by Crippen LogP contribution is -2.09. The van der Waals surface area contributed by atoms with Crippen LogP contribution in [-0.4, -0.2) is 39.8 Å². The van der Waals surface area contributed by atoms with Gasteiger partial charge in [-0.2, -0.15) is 15.2 Å². The number of nitriles is 1. The van der Waals surface area contributed by atoms with Crippen molar-refractivity contribution in [3.63, 3.8) is 0 Å². The number of aromatic nitrogens is 4. The van der Waals surface area contributed by atoms with E-state index in [1.165, 1.54) is 0 Å². The Hall–Kier alpha value is -2.41. The molecule has 0 spiro atoms. The molecule has 0 amide bonds. The fourth-order valence-electron chi connectivity index (χ4n) is 2.33. The Kier molecular flexibility index (Phi) is 5.56. The summed E-state index contributed by atoms with van der Waals surface area (Å²) in [6.07, 6.45) is 0. The van der Waals surface area contributed by atoms with Crippen molar-refractivity contribution in [1.29, 1.82) is 5.26 Å². The van der Waals surface area contributed by atoms with Crippen molar-refractivity contribution in [3.8, 4) is 12.1 Å². The molecule has 0 bridgehead atoms. The maximum atomic E-state index is 9.14. The third-order valence-electron chi connectivity index (χ3n) is 3.57. The summed E-state index contributed by atoms with van der Waals surface area (Å²) in [6, 6.07) is 7.46. The highest BCUT2D eigenvalue weighted by Gasteiger charge is 2.16. The van der Waals surface area contributed by atoms with Gasteiger partial charge in [0, 0.05) is 7.11 Å². The zero-order valence-electron chi connectivity index (χ0n) is 13.7. The predicted octanol–water partition coefficient (Wildman–Crippen LogP) is 2.77. The van der Waals surface area contributed by atoms with Gasteiger partial charge in [0.15, 0.2) is 21.7 Å². The number of methoxy groups -OCH3 is 1. The first-order valence-corrected chi connectivity index (χ1v) is 8.70. The van der Waals surface area contributed by atoms with Gasteiger partial charge >= 0.3 is 6.01 Å². The van der Waals surface area contributed by atoms with Crippen LogP contribution in [0, 0.1) is 11.3 Å². The van der Waals surface area contributed by atoms with Crippen LogP contribution in [0.5, 0.6) is 6.01 Å². The van der Waals surface area contributed by atoms with E-state index in [1.807, 2.05) is 6.07 Å². The van der Waals surface area contributed by atoms with Crippen LogP contribution in [0.25, 0.3) is 11.2 Å². The van der Waals surface area contributed by atoms with Gasteiger partial charge in [0.05, 0.1) is 23.7 Å². The Labute approximate surface area is 162 Å². The average molecular weight is 438 g/mol. The van der Waals surface area contributed by atoms with Crippen molar-refractivity contribution >= 4 is 44.5 Å². The second-order valence-corrected chi connectivity index (χ2v) is 6.41. The number of nitrogens with two attached hydrogens (primary N) is 1. The molecule has 0 radical (unpaired) electrons. The van der Waals surface area contributed by atoms with Crippen molar-refractivity contribution in [2.75, 3.05) is 26.1 Å². The van der Waals surface area contributed by atoms with Gasteiger partial charge in [-0.15, -0.1) is 0 Å². The Morgan fingerprint density at radius 1 is 1.31 bits per heavy atom. The molecular formula is C16H14BrClN6O2. The van der Waals surface area contributed by atoms with E-state index in [-0.39, 0.29) is 11.8 Å². The molecule has 2 N–H and O–H groups in total. The number of benzene rings is 1. The Morgan fingerprint density at radius 2 is 2.12 bits per heavy atom. The van der Waals surface area contributed by atoms with Crippen molar-refractivity contribution in [3.05, 3.63) is 39.1 Å². The summed E-state index contributed by atoms with van der Waals surface area (Å²) >= 11 is 9.41. The molecule has 0 aliphatic carbocycles. The normalized spacial score (nSPS) is 10.8. The molecule has 2 aromatic heterocycles. The van der Waals surface area contributed by atoms with Crippen LogP contribution in [0.3, 0.4) is 0 Å². The largest absolute Gasteiger partial charge is 0.461 e. The van der Waals surface area contributed by atoms with E-state index < -0.39 is 0 Å². The Balaban J connectivity index is 1.99. The van der Waals surface area contributed by atoms with Gasteiger partial charge in [-0.05, 0) is 33.6 Å². The Morgan fingerprint density at radius 3 is 2.85 bits per heavy atom. The molecular weight excluding hydrogens is 424 g/mol. The Bertz CT molecular complexity index is 1000. The predicted molar refractivity (Wildman–Crippen MR) is 100 cm³/mol. The first kappa shape index (κ1) is 18.4. The lowest BCUT2D eigenvalue weighted by molar-refractivity contribution is 0.141. The summed E-state index contributed by atoms with van der Waals surface area (Å²) in [5.41, 5.74) is 8.24. The van der Waals surface area contributed by atoms with E-state index in [1.54, 1.807) is 23.8 Å². The first-order valence-electron chi connectivity index (χ1n) is 7.53. The lowest BCUT2D eigenvalue weighted by Gasteiger charge is -2.08. The zero-order chi connectivity index (χ0) is 18.7. The second kappa shape index (κ2) is 7.86. The number of hydrogen-bond donors (Lipinski definition) is 1. The molecule has 0 unspecified atom stereocenters. The number of fused-ring (bicyclic) bond motifs is 1. The smallest absolute Gasteiger partial charge is 0.320 e. The highest BCUT2D eigenvalue weighted by Crippen LogP contribution is 2.26. The maximum Gasteiger partial charge on any atom is 0.320 e. The highest BCUT2D eigenvalue weighted by molar-refractivity contribution is 9.10. The van der Waals surface area contributed by atoms with E-state index in [0.29, 0.717) is 46.2 Å². The van der Waals surface area contributed by atoms with Crippen LogP contribution >= 0.6 is 27.5 Å². The van der Waals surface area contributed by atoms with Crippen molar-refractivity contribution < 1.29 is 9.47 Å². The highest BCUT2D eigenvalue weighted by atomic mass is 79.9. The minimum atomic E-state index is 0.148. The average Bonchev–Trinajstić information content (AvgIpc) is 2.93. The maximum absolute atomic E-state index is 9.14. The summed E-state index contributed by atoms with van der Waals surface area (Å²) < 4.78 is 12.7. The van der Waals surface area contributed by atoms with Crippen molar-refractivity contribution in [2.24, 2.45) is 0 Å². The monoisotopic (exact) mass is 436 g/mol. The van der Waals surface area contributed by atoms with Gasteiger partial charge in [0.2, 0.25) is 0 Å². The fraction of sp³-hybridized carbons (Fsp3) is 0.250. The molecule has 8 nitrogen and oxygen atoms in total. The molecule has 2 heterocycles. The van der Waals surface area contributed by atoms with Crippen LogP contribution in [0.2, 0.25) is 5.02 Å². The second-order valence-electron chi connectivity index (χ2n) is 5.30. The van der Waals surface area contributed by atoms with E-state index in [0.717, 1.165) is 5.56 Å². The molecule has 26 heavy (non-hydrogen) atoms. The zero-order valence-corrected chi connectivity index (χ0v) is 16.1. The number of ether oxygens (including phenoxy) is 2. The summed E-state index contributed by atoms with van der Waals surface area (Å²) in [4.78, 5) is 12.9. The molecule has 0 aliphatic rings. The molecule has 0 aliphatic heterocycles. The van der Waals surface area contributed by atoms with Gasteiger partial charge in [-0.3, -0.25) is 4.57 Å². The van der Waals surface area contributed by atoms with E-state index >= 15 is 0 Å².